The molecule has 5 heteroatoms. The van der Waals surface area contributed by atoms with Crippen LogP contribution in [-0.2, 0) is 4.79 Å². The third kappa shape index (κ3) is 2.65. The van der Waals surface area contributed by atoms with Gasteiger partial charge in [0.2, 0.25) is 5.91 Å². The zero-order valence-corrected chi connectivity index (χ0v) is 10.8. The Hall–Kier alpha value is -1.94. The van der Waals surface area contributed by atoms with Crippen molar-refractivity contribution in [3.63, 3.8) is 0 Å². The number of benzene rings is 1. The summed E-state index contributed by atoms with van der Waals surface area (Å²) in [5.74, 6) is -0.101. The van der Waals surface area contributed by atoms with Gasteiger partial charge < -0.3 is 5.32 Å². The minimum atomic E-state index is -0.101. The van der Waals surface area contributed by atoms with Gasteiger partial charge in [0.1, 0.15) is 11.5 Å². The molecule has 0 atom stereocenters. The number of carbonyl (C=O) groups is 1. The first kappa shape index (κ1) is 12.5. The predicted molar refractivity (Wildman–Crippen MR) is 71.5 cm³/mol. The van der Waals surface area contributed by atoms with Crippen LogP contribution in [0.5, 0.6) is 0 Å². The molecule has 1 amide bonds. The van der Waals surface area contributed by atoms with Crippen molar-refractivity contribution in [2.75, 3.05) is 5.32 Å². The van der Waals surface area contributed by atoms with Crippen LogP contribution in [0.4, 0.5) is 5.69 Å². The fraction of sp³-hybridized carbons (Fsp3) is 0.154. The molecule has 1 aromatic carbocycles. The van der Waals surface area contributed by atoms with E-state index in [-0.39, 0.29) is 5.91 Å². The monoisotopic (exact) mass is 261 g/mol. The lowest BCUT2D eigenvalue weighted by molar-refractivity contribution is -0.114. The van der Waals surface area contributed by atoms with Crippen LogP contribution in [0.2, 0.25) is 5.15 Å². The van der Waals surface area contributed by atoms with E-state index in [1.807, 2.05) is 25.1 Å². The molecule has 1 N–H and O–H groups in total. The number of aromatic nitrogens is 2. The number of carbonyl (C=O) groups excluding carboxylic acids is 1. The largest absolute Gasteiger partial charge is 0.326 e. The van der Waals surface area contributed by atoms with Gasteiger partial charge >= 0.3 is 0 Å². The minimum Gasteiger partial charge on any atom is -0.326 e. The molecule has 2 aromatic rings. The fourth-order valence-electron chi connectivity index (χ4n) is 1.72. The maximum Gasteiger partial charge on any atom is 0.221 e. The van der Waals surface area contributed by atoms with Gasteiger partial charge in [-0.25, -0.2) is 9.97 Å². The number of amides is 1. The molecule has 18 heavy (non-hydrogen) atoms. The summed E-state index contributed by atoms with van der Waals surface area (Å²) in [6, 6.07) is 7.34. The zero-order chi connectivity index (χ0) is 13.1. The quantitative estimate of drug-likeness (QED) is 0.846. The molecule has 92 valence electrons. The number of nitrogens with one attached hydrogen (secondary N) is 1. The minimum absolute atomic E-state index is 0.101. The Kier molecular flexibility index (Phi) is 3.58. The van der Waals surface area contributed by atoms with Gasteiger partial charge in [-0.05, 0) is 18.6 Å². The second-order valence-electron chi connectivity index (χ2n) is 3.89. The molecule has 0 bridgehead atoms. The highest BCUT2D eigenvalue weighted by molar-refractivity contribution is 6.29. The Bertz CT molecular complexity index is 599. The highest BCUT2D eigenvalue weighted by atomic mass is 35.5. The lowest BCUT2D eigenvalue weighted by atomic mass is 10.0. The molecule has 1 aromatic heterocycles. The normalized spacial score (nSPS) is 10.2. The van der Waals surface area contributed by atoms with Crippen LogP contribution in [0.3, 0.4) is 0 Å². The molecule has 0 aliphatic heterocycles. The summed E-state index contributed by atoms with van der Waals surface area (Å²) in [5.41, 5.74) is 3.38. The zero-order valence-electron chi connectivity index (χ0n) is 10.1. The lowest BCUT2D eigenvalue weighted by Crippen LogP contribution is -2.07. The number of anilines is 1. The smallest absolute Gasteiger partial charge is 0.221 e. The van der Waals surface area contributed by atoms with Gasteiger partial charge in [0.15, 0.2) is 0 Å². The van der Waals surface area contributed by atoms with Gasteiger partial charge in [0.05, 0.1) is 5.69 Å². The number of nitrogens with zero attached hydrogens (tertiary/aromatic N) is 2. The predicted octanol–water partition coefficient (Wildman–Crippen LogP) is 3.06. The highest BCUT2D eigenvalue weighted by Gasteiger charge is 2.08. The first-order valence-corrected chi connectivity index (χ1v) is 5.81. The average molecular weight is 262 g/mol. The molecule has 0 radical (unpaired) electrons. The van der Waals surface area contributed by atoms with E-state index < -0.39 is 0 Å². The second-order valence-corrected chi connectivity index (χ2v) is 4.27. The molecular formula is C13H12ClN3O. The second kappa shape index (κ2) is 5.14. The van der Waals surface area contributed by atoms with Crippen LogP contribution in [0.1, 0.15) is 12.5 Å². The van der Waals surface area contributed by atoms with E-state index in [0.29, 0.717) is 5.15 Å². The van der Waals surface area contributed by atoms with Gasteiger partial charge in [-0.15, -0.1) is 0 Å². The molecule has 0 saturated heterocycles. The number of hydrogen-bond acceptors (Lipinski definition) is 3. The SMILES string of the molecule is CC(=O)Nc1cccc(-c2cc(Cl)ncn2)c1C. The van der Waals surface area contributed by atoms with Crippen LogP contribution in [0.15, 0.2) is 30.6 Å². The van der Waals surface area contributed by atoms with Gasteiger partial charge in [-0.3, -0.25) is 4.79 Å². The third-order valence-corrected chi connectivity index (χ3v) is 2.76. The van der Waals surface area contributed by atoms with Crippen LogP contribution < -0.4 is 5.32 Å². The van der Waals surface area contributed by atoms with Crippen molar-refractivity contribution in [3.05, 3.63) is 41.3 Å². The molecule has 1 heterocycles. The highest BCUT2D eigenvalue weighted by Crippen LogP contribution is 2.27. The van der Waals surface area contributed by atoms with Gasteiger partial charge in [-0.1, -0.05) is 23.7 Å². The molecule has 0 spiro atoms. The van der Waals surface area contributed by atoms with E-state index in [2.05, 4.69) is 15.3 Å². The van der Waals surface area contributed by atoms with Crippen molar-refractivity contribution in [2.24, 2.45) is 0 Å². The average Bonchev–Trinajstić information content (AvgIpc) is 2.31. The Labute approximate surface area is 110 Å². The molecule has 0 saturated carbocycles. The fourth-order valence-corrected chi connectivity index (χ4v) is 1.87. The summed E-state index contributed by atoms with van der Waals surface area (Å²) in [7, 11) is 0. The topological polar surface area (TPSA) is 54.9 Å². The van der Waals surface area contributed by atoms with Gasteiger partial charge in [0, 0.05) is 24.2 Å². The number of hydrogen-bond donors (Lipinski definition) is 1. The van der Waals surface area contributed by atoms with E-state index >= 15 is 0 Å². The van der Waals surface area contributed by atoms with E-state index in [1.54, 1.807) is 6.07 Å². The summed E-state index contributed by atoms with van der Waals surface area (Å²) < 4.78 is 0. The maximum atomic E-state index is 11.1. The van der Waals surface area contributed by atoms with E-state index in [9.17, 15) is 4.79 Å². The van der Waals surface area contributed by atoms with Crippen molar-refractivity contribution in [1.29, 1.82) is 0 Å². The van der Waals surface area contributed by atoms with Gasteiger partial charge in [0.25, 0.3) is 0 Å². The molecule has 4 nitrogen and oxygen atoms in total. The van der Waals surface area contributed by atoms with E-state index in [0.717, 1.165) is 22.5 Å². The summed E-state index contributed by atoms with van der Waals surface area (Å²) in [4.78, 5) is 19.1. The Balaban J connectivity index is 2.49. The molecular weight excluding hydrogens is 250 g/mol. The van der Waals surface area contributed by atoms with E-state index in [1.165, 1.54) is 13.3 Å². The van der Waals surface area contributed by atoms with Crippen molar-refractivity contribution in [3.8, 4) is 11.3 Å². The molecule has 0 unspecified atom stereocenters. The Morgan fingerprint density at radius 2 is 2.11 bits per heavy atom. The third-order valence-electron chi connectivity index (χ3n) is 2.55. The van der Waals surface area contributed by atoms with Gasteiger partial charge in [-0.2, -0.15) is 0 Å². The lowest BCUT2D eigenvalue weighted by Gasteiger charge is -2.11. The first-order valence-electron chi connectivity index (χ1n) is 5.43. The van der Waals surface area contributed by atoms with E-state index in [4.69, 9.17) is 11.6 Å². The molecule has 0 aliphatic rings. The Morgan fingerprint density at radius 1 is 1.33 bits per heavy atom. The molecule has 0 fully saturated rings. The van der Waals surface area contributed by atoms with Crippen LogP contribution in [0, 0.1) is 6.92 Å². The van der Waals surface area contributed by atoms with Crippen LogP contribution >= 0.6 is 11.6 Å². The first-order chi connectivity index (χ1) is 8.58. The van der Waals surface area contributed by atoms with Crippen LogP contribution in [0.25, 0.3) is 11.3 Å². The summed E-state index contributed by atoms with van der Waals surface area (Å²) in [5, 5.41) is 3.18. The number of rotatable bonds is 2. The summed E-state index contributed by atoms with van der Waals surface area (Å²) >= 11 is 5.85. The standard InChI is InChI=1S/C13H12ClN3O/c1-8-10(12-6-13(14)16-7-15-12)4-3-5-11(8)17-9(2)18/h3-7H,1-2H3,(H,17,18). The Morgan fingerprint density at radius 3 is 2.78 bits per heavy atom. The van der Waals surface area contributed by atoms with Crippen molar-refractivity contribution in [1.82, 2.24) is 9.97 Å². The number of halogens is 1. The van der Waals surface area contributed by atoms with Crippen molar-refractivity contribution < 1.29 is 4.79 Å². The van der Waals surface area contributed by atoms with Crippen LogP contribution in [-0.4, -0.2) is 15.9 Å². The molecule has 2 rings (SSSR count). The summed E-state index contributed by atoms with van der Waals surface area (Å²) in [6.45, 7) is 3.41. The van der Waals surface area contributed by atoms with Crippen molar-refractivity contribution >= 4 is 23.2 Å². The maximum absolute atomic E-state index is 11.1. The van der Waals surface area contributed by atoms with Crippen molar-refractivity contribution in [2.45, 2.75) is 13.8 Å². The summed E-state index contributed by atoms with van der Waals surface area (Å²) in [6.07, 6.45) is 1.42. The molecule has 0 aliphatic carbocycles.